The molecule has 5 heteroatoms. The number of benzene rings is 1. The summed E-state index contributed by atoms with van der Waals surface area (Å²) in [6.07, 6.45) is 1.53. The van der Waals surface area contributed by atoms with Crippen LogP contribution < -0.4 is 0 Å². The van der Waals surface area contributed by atoms with E-state index in [1.165, 1.54) is 12.1 Å². The summed E-state index contributed by atoms with van der Waals surface area (Å²) in [7, 11) is 0. The highest BCUT2D eigenvalue weighted by atomic mass is 19.1. The Labute approximate surface area is 109 Å². The van der Waals surface area contributed by atoms with Crippen LogP contribution in [0.5, 0.6) is 0 Å². The van der Waals surface area contributed by atoms with Gasteiger partial charge >= 0.3 is 5.97 Å². The number of hydrogen-bond acceptors (Lipinski definition) is 2. The van der Waals surface area contributed by atoms with Gasteiger partial charge in [0.2, 0.25) is 0 Å². The van der Waals surface area contributed by atoms with Crippen molar-refractivity contribution < 1.29 is 14.3 Å². The molecule has 0 amide bonds. The van der Waals surface area contributed by atoms with Crippen LogP contribution in [0, 0.1) is 11.7 Å². The van der Waals surface area contributed by atoms with Gasteiger partial charge in [-0.15, -0.1) is 0 Å². The molecule has 0 aliphatic heterocycles. The molecule has 1 N–H and O–H groups in total. The highest BCUT2D eigenvalue weighted by molar-refractivity contribution is 5.78. The van der Waals surface area contributed by atoms with Crippen molar-refractivity contribution in [2.45, 2.75) is 32.2 Å². The summed E-state index contributed by atoms with van der Waals surface area (Å²) in [4.78, 5) is 15.5. The average molecular weight is 262 g/mol. The fraction of sp³-hybridized carbons (Fsp3) is 0.429. The lowest BCUT2D eigenvalue weighted by Crippen LogP contribution is -2.06. The number of carbonyl (C=O) groups is 1. The number of nitrogens with zero attached hydrogens (tertiary/aromatic N) is 2. The second kappa shape index (κ2) is 4.33. The molecular formula is C14H15FN2O2. The Bertz CT molecular complexity index is 650. The fourth-order valence-electron chi connectivity index (χ4n) is 2.61. The maximum Gasteiger partial charge on any atom is 0.307 e. The number of halogens is 1. The molecular weight excluding hydrogens is 247 g/mol. The van der Waals surface area contributed by atoms with Crippen LogP contribution in [0.3, 0.4) is 0 Å². The minimum atomic E-state index is -0.772. The van der Waals surface area contributed by atoms with Crippen molar-refractivity contribution in [1.82, 2.24) is 9.55 Å². The lowest BCUT2D eigenvalue weighted by molar-refractivity contribution is -0.138. The molecule has 1 aromatic carbocycles. The molecule has 1 aliphatic carbocycles. The normalized spacial score (nSPS) is 21.8. The molecule has 1 heterocycles. The molecule has 0 radical (unpaired) electrons. The molecule has 100 valence electrons. The quantitative estimate of drug-likeness (QED) is 0.921. The summed E-state index contributed by atoms with van der Waals surface area (Å²) in [5.41, 5.74) is 1.49. The van der Waals surface area contributed by atoms with Gasteiger partial charge < -0.3 is 9.67 Å². The van der Waals surface area contributed by atoms with Crippen molar-refractivity contribution in [3.05, 3.63) is 29.8 Å². The van der Waals surface area contributed by atoms with Crippen molar-refractivity contribution in [1.29, 1.82) is 0 Å². The fourth-order valence-corrected chi connectivity index (χ4v) is 2.61. The van der Waals surface area contributed by atoms with Crippen LogP contribution in [-0.4, -0.2) is 20.6 Å². The second-order valence-corrected chi connectivity index (χ2v) is 5.04. The number of carboxylic acids is 1. The van der Waals surface area contributed by atoms with Crippen LogP contribution in [-0.2, 0) is 11.3 Å². The molecule has 1 fully saturated rings. The van der Waals surface area contributed by atoms with E-state index < -0.39 is 5.97 Å². The Morgan fingerprint density at radius 1 is 1.58 bits per heavy atom. The largest absolute Gasteiger partial charge is 0.481 e. The summed E-state index contributed by atoms with van der Waals surface area (Å²) in [5.74, 6) is -0.639. The van der Waals surface area contributed by atoms with Gasteiger partial charge in [0.25, 0.3) is 0 Å². The molecule has 2 unspecified atom stereocenters. The van der Waals surface area contributed by atoms with E-state index >= 15 is 0 Å². The molecule has 0 saturated heterocycles. The summed E-state index contributed by atoms with van der Waals surface area (Å²) in [6, 6.07) is 4.51. The second-order valence-electron chi connectivity index (χ2n) is 5.04. The third-order valence-electron chi connectivity index (χ3n) is 3.63. The highest BCUT2D eigenvalue weighted by Gasteiger charge is 2.47. The number of imidazole rings is 1. The van der Waals surface area contributed by atoms with E-state index in [1.807, 2.05) is 11.5 Å². The number of aryl methyl sites for hydroxylation is 1. The Balaban J connectivity index is 2.08. The predicted octanol–water partition coefficient (Wildman–Crippen LogP) is 2.77. The molecule has 1 aromatic heterocycles. The van der Waals surface area contributed by atoms with E-state index in [2.05, 4.69) is 4.98 Å². The van der Waals surface area contributed by atoms with Crippen LogP contribution in [0.2, 0.25) is 0 Å². The lowest BCUT2D eigenvalue weighted by atomic mass is 10.3. The minimum absolute atomic E-state index is 0.0282. The van der Waals surface area contributed by atoms with Gasteiger partial charge in [-0.25, -0.2) is 9.37 Å². The first-order chi connectivity index (χ1) is 9.11. The Morgan fingerprint density at radius 3 is 3.00 bits per heavy atom. The number of carboxylic acid groups (broad SMARTS) is 1. The van der Waals surface area contributed by atoms with Crippen LogP contribution in [0.25, 0.3) is 11.0 Å². The van der Waals surface area contributed by atoms with Gasteiger partial charge in [0, 0.05) is 12.5 Å². The zero-order valence-corrected chi connectivity index (χ0v) is 10.6. The maximum absolute atomic E-state index is 13.4. The number of aromatic nitrogens is 2. The zero-order chi connectivity index (χ0) is 13.6. The van der Waals surface area contributed by atoms with Gasteiger partial charge in [-0.2, -0.15) is 0 Å². The van der Waals surface area contributed by atoms with Gasteiger partial charge in [-0.3, -0.25) is 4.79 Å². The minimum Gasteiger partial charge on any atom is -0.481 e. The first kappa shape index (κ1) is 12.1. The monoisotopic (exact) mass is 262 g/mol. The number of aliphatic carboxylic acids is 1. The van der Waals surface area contributed by atoms with Gasteiger partial charge in [-0.05, 0) is 31.0 Å². The van der Waals surface area contributed by atoms with Gasteiger partial charge in [-0.1, -0.05) is 6.92 Å². The molecule has 0 spiro atoms. The van der Waals surface area contributed by atoms with Crippen LogP contribution in [0.15, 0.2) is 18.2 Å². The Hall–Kier alpha value is -1.91. The third-order valence-corrected chi connectivity index (χ3v) is 3.63. The first-order valence-corrected chi connectivity index (χ1v) is 6.50. The van der Waals surface area contributed by atoms with Crippen molar-refractivity contribution in [3.8, 4) is 0 Å². The number of hydrogen-bond donors (Lipinski definition) is 1. The highest BCUT2D eigenvalue weighted by Crippen LogP contribution is 2.47. The molecule has 2 atom stereocenters. The molecule has 0 bridgehead atoms. The van der Waals surface area contributed by atoms with Crippen molar-refractivity contribution in [2.24, 2.45) is 5.92 Å². The van der Waals surface area contributed by atoms with Crippen molar-refractivity contribution >= 4 is 17.0 Å². The van der Waals surface area contributed by atoms with Crippen molar-refractivity contribution in [2.75, 3.05) is 0 Å². The topological polar surface area (TPSA) is 55.1 Å². The lowest BCUT2D eigenvalue weighted by Gasteiger charge is -2.06. The number of rotatable bonds is 4. The van der Waals surface area contributed by atoms with E-state index in [0.29, 0.717) is 6.42 Å². The van der Waals surface area contributed by atoms with E-state index in [0.717, 1.165) is 29.8 Å². The molecule has 4 nitrogen and oxygen atoms in total. The van der Waals surface area contributed by atoms with E-state index in [1.54, 1.807) is 6.07 Å². The van der Waals surface area contributed by atoms with Gasteiger partial charge in [0.1, 0.15) is 11.6 Å². The predicted molar refractivity (Wildman–Crippen MR) is 68.5 cm³/mol. The maximum atomic E-state index is 13.4. The van der Waals surface area contributed by atoms with Gasteiger partial charge in [0.05, 0.1) is 17.0 Å². The smallest absolute Gasteiger partial charge is 0.307 e. The Kier molecular flexibility index (Phi) is 2.77. The van der Waals surface area contributed by atoms with E-state index in [9.17, 15) is 9.18 Å². The van der Waals surface area contributed by atoms with E-state index in [-0.39, 0.29) is 17.7 Å². The van der Waals surface area contributed by atoms with Crippen LogP contribution >= 0.6 is 0 Å². The van der Waals surface area contributed by atoms with Crippen LogP contribution in [0.1, 0.15) is 31.5 Å². The van der Waals surface area contributed by atoms with Crippen LogP contribution in [0.4, 0.5) is 4.39 Å². The zero-order valence-electron chi connectivity index (χ0n) is 10.6. The SMILES string of the molecule is CCCn1c(C2CC2C(=O)O)nc2ccc(F)cc21. The number of fused-ring (bicyclic) bond motifs is 1. The third kappa shape index (κ3) is 1.99. The van der Waals surface area contributed by atoms with E-state index in [4.69, 9.17) is 5.11 Å². The van der Waals surface area contributed by atoms with Gasteiger partial charge in [0.15, 0.2) is 0 Å². The average Bonchev–Trinajstić information content (AvgIpc) is 3.09. The molecule has 1 saturated carbocycles. The molecule has 19 heavy (non-hydrogen) atoms. The summed E-state index contributed by atoms with van der Waals surface area (Å²) < 4.78 is 15.3. The molecule has 3 rings (SSSR count). The summed E-state index contributed by atoms with van der Waals surface area (Å²) >= 11 is 0. The standard InChI is InChI=1S/C14H15FN2O2/c1-2-5-17-12-6-8(15)3-4-11(12)16-13(17)9-7-10(9)14(18)19/h3-4,6,9-10H,2,5,7H2,1H3,(H,18,19). The molecule has 2 aromatic rings. The summed E-state index contributed by atoms with van der Waals surface area (Å²) in [5, 5.41) is 9.03. The first-order valence-electron chi connectivity index (χ1n) is 6.50. The summed E-state index contributed by atoms with van der Waals surface area (Å²) in [6.45, 7) is 2.77. The van der Waals surface area contributed by atoms with Crippen molar-refractivity contribution in [3.63, 3.8) is 0 Å². The Morgan fingerprint density at radius 2 is 2.37 bits per heavy atom. The molecule has 1 aliphatic rings.